The second-order valence-electron chi connectivity index (χ2n) is 6.54. The summed E-state index contributed by atoms with van der Waals surface area (Å²) in [6, 6.07) is 14.0. The van der Waals surface area contributed by atoms with Gasteiger partial charge in [0.2, 0.25) is 5.91 Å². The van der Waals surface area contributed by atoms with Crippen molar-refractivity contribution in [1.82, 2.24) is 10.3 Å². The standard InChI is InChI=1S/C19H22N4O/c24-18(19(8-9-19)15-4-2-1-3-5-15)22-17-7-6-16(14-21-17)23-12-10-20-11-13-23/h1-7,14,20H,8-13H2,(H,21,22,24). The molecule has 1 aromatic heterocycles. The Morgan fingerprint density at radius 1 is 1.08 bits per heavy atom. The highest BCUT2D eigenvalue weighted by Gasteiger charge is 2.51. The fraction of sp³-hybridized carbons (Fsp3) is 0.368. The molecule has 124 valence electrons. The average Bonchev–Trinajstić information content (AvgIpc) is 3.46. The minimum atomic E-state index is -0.361. The van der Waals surface area contributed by atoms with Crippen LogP contribution in [0.25, 0.3) is 0 Å². The Kier molecular flexibility index (Phi) is 3.94. The summed E-state index contributed by atoms with van der Waals surface area (Å²) in [5, 5.41) is 6.33. The smallest absolute Gasteiger partial charge is 0.236 e. The summed E-state index contributed by atoms with van der Waals surface area (Å²) >= 11 is 0. The molecular formula is C19H22N4O. The number of carbonyl (C=O) groups is 1. The molecule has 1 amide bonds. The first kappa shape index (κ1) is 15.1. The number of carbonyl (C=O) groups excluding carboxylic acids is 1. The topological polar surface area (TPSA) is 57.3 Å². The van der Waals surface area contributed by atoms with Gasteiger partial charge in [0.25, 0.3) is 0 Å². The Morgan fingerprint density at radius 3 is 2.46 bits per heavy atom. The van der Waals surface area contributed by atoms with E-state index >= 15 is 0 Å². The van der Waals surface area contributed by atoms with E-state index < -0.39 is 0 Å². The number of nitrogens with zero attached hydrogens (tertiary/aromatic N) is 2. The van der Waals surface area contributed by atoms with Crippen LogP contribution in [0.2, 0.25) is 0 Å². The molecule has 1 aliphatic carbocycles. The van der Waals surface area contributed by atoms with Crippen LogP contribution in [-0.2, 0) is 10.2 Å². The van der Waals surface area contributed by atoms with Crippen LogP contribution < -0.4 is 15.5 Å². The van der Waals surface area contributed by atoms with Gasteiger partial charge < -0.3 is 15.5 Å². The molecule has 5 nitrogen and oxygen atoms in total. The van der Waals surface area contributed by atoms with Crippen LogP contribution in [0.4, 0.5) is 11.5 Å². The van der Waals surface area contributed by atoms with Crippen LogP contribution in [0.15, 0.2) is 48.7 Å². The van der Waals surface area contributed by atoms with Gasteiger partial charge in [-0.1, -0.05) is 30.3 Å². The first-order chi connectivity index (χ1) is 11.8. The van der Waals surface area contributed by atoms with Crippen molar-refractivity contribution in [2.45, 2.75) is 18.3 Å². The Labute approximate surface area is 142 Å². The molecule has 1 aromatic carbocycles. The molecule has 0 unspecified atom stereocenters. The molecule has 0 spiro atoms. The van der Waals surface area contributed by atoms with Crippen molar-refractivity contribution in [3.8, 4) is 0 Å². The number of benzene rings is 1. The number of aromatic nitrogens is 1. The minimum absolute atomic E-state index is 0.0520. The van der Waals surface area contributed by atoms with Gasteiger partial charge in [-0.05, 0) is 30.5 Å². The lowest BCUT2D eigenvalue weighted by Gasteiger charge is -2.29. The number of piperazine rings is 1. The molecular weight excluding hydrogens is 300 g/mol. The summed E-state index contributed by atoms with van der Waals surface area (Å²) in [5.74, 6) is 0.678. The van der Waals surface area contributed by atoms with Gasteiger partial charge in [-0.25, -0.2) is 4.98 Å². The summed E-state index contributed by atoms with van der Waals surface area (Å²) in [5.41, 5.74) is 1.85. The van der Waals surface area contributed by atoms with Gasteiger partial charge in [-0.15, -0.1) is 0 Å². The number of pyridine rings is 1. The van der Waals surface area contributed by atoms with E-state index in [9.17, 15) is 4.79 Å². The lowest BCUT2D eigenvalue weighted by atomic mass is 9.95. The van der Waals surface area contributed by atoms with Gasteiger partial charge >= 0.3 is 0 Å². The third-order valence-corrected chi connectivity index (χ3v) is 4.98. The largest absolute Gasteiger partial charge is 0.368 e. The zero-order chi connectivity index (χ0) is 16.4. The van der Waals surface area contributed by atoms with Crippen molar-refractivity contribution < 1.29 is 4.79 Å². The van der Waals surface area contributed by atoms with E-state index in [1.807, 2.05) is 48.7 Å². The van der Waals surface area contributed by atoms with Gasteiger partial charge in [-0.2, -0.15) is 0 Å². The van der Waals surface area contributed by atoms with Crippen LogP contribution in [0.3, 0.4) is 0 Å². The molecule has 0 bridgehead atoms. The molecule has 1 aliphatic heterocycles. The minimum Gasteiger partial charge on any atom is -0.368 e. The number of anilines is 2. The lowest BCUT2D eigenvalue weighted by molar-refractivity contribution is -0.118. The summed E-state index contributed by atoms with van der Waals surface area (Å²) < 4.78 is 0. The van der Waals surface area contributed by atoms with Crippen LogP contribution >= 0.6 is 0 Å². The molecule has 2 aliphatic rings. The number of amides is 1. The molecule has 0 atom stereocenters. The molecule has 1 saturated carbocycles. The molecule has 2 fully saturated rings. The van der Waals surface area contributed by atoms with E-state index in [0.29, 0.717) is 5.82 Å². The van der Waals surface area contributed by atoms with E-state index in [1.165, 1.54) is 0 Å². The second kappa shape index (κ2) is 6.24. The number of rotatable bonds is 4. The predicted molar refractivity (Wildman–Crippen MR) is 95.3 cm³/mol. The quantitative estimate of drug-likeness (QED) is 0.906. The fourth-order valence-electron chi connectivity index (χ4n) is 3.34. The zero-order valence-electron chi connectivity index (χ0n) is 13.7. The summed E-state index contributed by atoms with van der Waals surface area (Å²) in [6.07, 6.45) is 3.66. The third kappa shape index (κ3) is 2.87. The average molecular weight is 322 g/mol. The van der Waals surface area contributed by atoms with Gasteiger partial charge in [0, 0.05) is 26.2 Å². The fourth-order valence-corrected chi connectivity index (χ4v) is 3.34. The van der Waals surface area contributed by atoms with Crippen molar-refractivity contribution >= 4 is 17.4 Å². The summed E-state index contributed by atoms with van der Waals surface area (Å²) in [7, 11) is 0. The van der Waals surface area contributed by atoms with Crippen LogP contribution in [0.1, 0.15) is 18.4 Å². The highest BCUT2D eigenvalue weighted by molar-refractivity contribution is 6.00. The van der Waals surface area contributed by atoms with Gasteiger partial charge in [0.05, 0.1) is 17.3 Å². The first-order valence-corrected chi connectivity index (χ1v) is 8.57. The van der Waals surface area contributed by atoms with Crippen molar-refractivity contribution in [2.24, 2.45) is 0 Å². The van der Waals surface area contributed by atoms with E-state index in [2.05, 4.69) is 20.5 Å². The predicted octanol–water partition coefficient (Wildman–Crippen LogP) is 2.16. The van der Waals surface area contributed by atoms with E-state index in [4.69, 9.17) is 0 Å². The Balaban J connectivity index is 1.44. The molecule has 2 N–H and O–H groups in total. The monoisotopic (exact) mass is 322 g/mol. The molecule has 0 radical (unpaired) electrons. The van der Waals surface area contributed by atoms with Crippen molar-refractivity contribution in [1.29, 1.82) is 0 Å². The Bertz CT molecular complexity index is 704. The maximum absolute atomic E-state index is 12.7. The van der Waals surface area contributed by atoms with Crippen LogP contribution in [0, 0.1) is 0 Å². The number of hydrogen-bond donors (Lipinski definition) is 2. The van der Waals surface area contributed by atoms with Gasteiger partial charge in [0.1, 0.15) is 5.82 Å². The number of nitrogens with one attached hydrogen (secondary N) is 2. The first-order valence-electron chi connectivity index (χ1n) is 8.57. The van der Waals surface area contributed by atoms with Gasteiger partial charge in [0.15, 0.2) is 0 Å². The van der Waals surface area contributed by atoms with E-state index in [-0.39, 0.29) is 11.3 Å². The normalized spacial score (nSPS) is 18.9. The van der Waals surface area contributed by atoms with Crippen molar-refractivity contribution in [3.63, 3.8) is 0 Å². The molecule has 4 rings (SSSR count). The lowest BCUT2D eigenvalue weighted by Crippen LogP contribution is -2.43. The molecule has 5 heteroatoms. The summed E-state index contributed by atoms with van der Waals surface area (Å²) in [4.78, 5) is 19.5. The number of hydrogen-bond acceptors (Lipinski definition) is 4. The maximum atomic E-state index is 12.7. The maximum Gasteiger partial charge on any atom is 0.236 e. The van der Waals surface area contributed by atoms with E-state index in [0.717, 1.165) is 50.3 Å². The SMILES string of the molecule is O=C(Nc1ccc(N2CCNCC2)cn1)C1(c2ccccc2)CC1. The molecule has 1 saturated heterocycles. The molecule has 24 heavy (non-hydrogen) atoms. The zero-order valence-corrected chi connectivity index (χ0v) is 13.7. The van der Waals surface area contributed by atoms with Gasteiger partial charge in [-0.3, -0.25) is 4.79 Å². The Morgan fingerprint density at radius 2 is 1.83 bits per heavy atom. The van der Waals surface area contributed by atoms with Crippen molar-refractivity contribution in [2.75, 3.05) is 36.4 Å². The highest BCUT2D eigenvalue weighted by atomic mass is 16.2. The molecule has 2 heterocycles. The molecule has 2 aromatic rings. The second-order valence-corrected chi connectivity index (χ2v) is 6.54. The Hall–Kier alpha value is -2.40. The third-order valence-electron chi connectivity index (χ3n) is 4.98. The van der Waals surface area contributed by atoms with Crippen molar-refractivity contribution in [3.05, 3.63) is 54.2 Å². The van der Waals surface area contributed by atoms with Crippen LogP contribution in [-0.4, -0.2) is 37.1 Å². The van der Waals surface area contributed by atoms with E-state index in [1.54, 1.807) is 0 Å². The summed E-state index contributed by atoms with van der Waals surface area (Å²) in [6.45, 7) is 3.98. The van der Waals surface area contributed by atoms with Crippen LogP contribution in [0.5, 0.6) is 0 Å². The highest BCUT2D eigenvalue weighted by Crippen LogP contribution is 2.48.